The number of carbonyl (C=O) groups is 3. The molecular formula is C14H14BrN3O4. The van der Waals surface area contributed by atoms with Gasteiger partial charge >= 0.3 is 5.97 Å². The van der Waals surface area contributed by atoms with Gasteiger partial charge in [0.05, 0.1) is 6.54 Å². The van der Waals surface area contributed by atoms with Gasteiger partial charge in [-0.1, -0.05) is 22.0 Å². The molecule has 0 unspecified atom stereocenters. The second-order valence-electron chi connectivity index (χ2n) is 4.56. The molecule has 0 saturated carbocycles. The average Bonchev–Trinajstić information content (AvgIpc) is 2.87. The van der Waals surface area contributed by atoms with Crippen LogP contribution >= 0.6 is 15.9 Å². The highest BCUT2D eigenvalue weighted by Crippen LogP contribution is 2.24. The number of carbonyl (C=O) groups excluding carboxylic acids is 2. The SMILES string of the molecule is O=C(O)CNC(=O)CNC(=O)Cn1ccc2c(Br)cccc21. The third-order valence-corrected chi connectivity index (χ3v) is 3.65. The Kier molecular flexibility index (Phi) is 5.16. The van der Waals surface area contributed by atoms with E-state index in [1.165, 1.54) is 0 Å². The van der Waals surface area contributed by atoms with Crippen LogP contribution in [0.2, 0.25) is 0 Å². The molecule has 0 bridgehead atoms. The molecule has 0 aliphatic rings. The second-order valence-corrected chi connectivity index (χ2v) is 5.42. The van der Waals surface area contributed by atoms with Crippen LogP contribution in [0.3, 0.4) is 0 Å². The van der Waals surface area contributed by atoms with Crippen molar-refractivity contribution in [3.63, 3.8) is 0 Å². The first-order chi connectivity index (χ1) is 10.5. The number of hydrogen-bond acceptors (Lipinski definition) is 3. The van der Waals surface area contributed by atoms with E-state index >= 15 is 0 Å². The average molecular weight is 368 g/mol. The molecule has 116 valence electrons. The summed E-state index contributed by atoms with van der Waals surface area (Å²) in [7, 11) is 0. The number of carboxylic acid groups (broad SMARTS) is 1. The van der Waals surface area contributed by atoms with E-state index in [0.717, 1.165) is 15.4 Å². The van der Waals surface area contributed by atoms with Gasteiger partial charge in [-0.15, -0.1) is 0 Å². The molecule has 3 N–H and O–H groups in total. The van der Waals surface area contributed by atoms with Gasteiger partial charge in [0.1, 0.15) is 13.1 Å². The lowest BCUT2D eigenvalue weighted by molar-refractivity contribution is -0.137. The maximum atomic E-state index is 11.8. The van der Waals surface area contributed by atoms with Crippen LogP contribution in [0.1, 0.15) is 0 Å². The lowest BCUT2D eigenvalue weighted by Crippen LogP contribution is -2.40. The summed E-state index contributed by atoms with van der Waals surface area (Å²) in [4.78, 5) is 33.4. The maximum Gasteiger partial charge on any atom is 0.322 e. The summed E-state index contributed by atoms with van der Waals surface area (Å²) in [6.07, 6.45) is 1.79. The molecule has 2 amide bonds. The van der Waals surface area contributed by atoms with Crippen LogP contribution in [-0.4, -0.2) is 40.5 Å². The Hall–Kier alpha value is -2.35. The predicted octanol–water partition coefficient (Wildman–Crippen LogP) is 0.721. The summed E-state index contributed by atoms with van der Waals surface area (Å²) in [5, 5.41) is 14.0. The molecular weight excluding hydrogens is 354 g/mol. The first-order valence-corrected chi connectivity index (χ1v) is 7.25. The number of aromatic nitrogens is 1. The van der Waals surface area contributed by atoms with Gasteiger partial charge in [-0.25, -0.2) is 0 Å². The number of rotatable bonds is 6. The minimum Gasteiger partial charge on any atom is -0.480 e. The van der Waals surface area contributed by atoms with E-state index in [1.807, 2.05) is 24.3 Å². The quantitative estimate of drug-likeness (QED) is 0.700. The number of nitrogens with one attached hydrogen (secondary N) is 2. The van der Waals surface area contributed by atoms with E-state index < -0.39 is 18.4 Å². The molecule has 0 spiro atoms. The highest BCUT2D eigenvalue weighted by Gasteiger charge is 2.09. The Labute approximate surface area is 134 Å². The van der Waals surface area contributed by atoms with Crippen LogP contribution in [0.15, 0.2) is 34.9 Å². The Bertz CT molecular complexity index is 726. The largest absolute Gasteiger partial charge is 0.480 e. The van der Waals surface area contributed by atoms with Crippen LogP contribution in [0, 0.1) is 0 Å². The van der Waals surface area contributed by atoms with Crippen molar-refractivity contribution in [3.05, 3.63) is 34.9 Å². The number of carboxylic acids is 1. The van der Waals surface area contributed by atoms with Crippen molar-refractivity contribution in [2.45, 2.75) is 6.54 Å². The van der Waals surface area contributed by atoms with Crippen LogP contribution < -0.4 is 10.6 Å². The van der Waals surface area contributed by atoms with E-state index in [-0.39, 0.29) is 19.0 Å². The monoisotopic (exact) mass is 367 g/mol. The molecule has 1 aromatic heterocycles. The number of hydrogen-bond donors (Lipinski definition) is 3. The smallest absolute Gasteiger partial charge is 0.322 e. The predicted molar refractivity (Wildman–Crippen MR) is 83.3 cm³/mol. The van der Waals surface area contributed by atoms with E-state index in [1.54, 1.807) is 10.8 Å². The third-order valence-electron chi connectivity index (χ3n) is 2.96. The first-order valence-electron chi connectivity index (χ1n) is 6.46. The molecule has 2 aromatic rings. The van der Waals surface area contributed by atoms with Gasteiger partial charge in [-0.3, -0.25) is 14.4 Å². The van der Waals surface area contributed by atoms with Crippen molar-refractivity contribution >= 4 is 44.6 Å². The molecule has 0 fully saturated rings. The zero-order valence-electron chi connectivity index (χ0n) is 11.5. The topological polar surface area (TPSA) is 100 Å². The fourth-order valence-electron chi connectivity index (χ4n) is 1.95. The highest BCUT2D eigenvalue weighted by atomic mass is 79.9. The Morgan fingerprint density at radius 2 is 1.82 bits per heavy atom. The molecule has 0 saturated heterocycles. The Morgan fingerprint density at radius 1 is 1.09 bits per heavy atom. The van der Waals surface area contributed by atoms with Crippen molar-refractivity contribution < 1.29 is 19.5 Å². The highest BCUT2D eigenvalue weighted by molar-refractivity contribution is 9.10. The molecule has 0 atom stereocenters. The van der Waals surface area contributed by atoms with Crippen molar-refractivity contribution in [1.29, 1.82) is 0 Å². The lowest BCUT2D eigenvalue weighted by Gasteiger charge is -2.07. The Balaban J connectivity index is 1.90. The summed E-state index contributed by atoms with van der Waals surface area (Å²) in [6.45, 7) is -0.647. The number of amides is 2. The minimum atomic E-state index is -1.14. The molecule has 2 rings (SSSR count). The van der Waals surface area contributed by atoms with Gasteiger partial charge in [0, 0.05) is 21.6 Å². The lowest BCUT2D eigenvalue weighted by atomic mass is 10.2. The number of aliphatic carboxylic acids is 1. The van der Waals surface area contributed by atoms with E-state index in [2.05, 4.69) is 26.6 Å². The third kappa shape index (κ3) is 4.08. The summed E-state index contributed by atoms with van der Waals surface area (Å²) in [5.41, 5.74) is 0.903. The molecule has 1 aromatic carbocycles. The summed E-state index contributed by atoms with van der Waals surface area (Å²) >= 11 is 3.44. The zero-order valence-corrected chi connectivity index (χ0v) is 13.1. The molecule has 0 aliphatic carbocycles. The van der Waals surface area contributed by atoms with Gasteiger partial charge in [0.15, 0.2) is 0 Å². The first kappa shape index (κ1) is 16.0. The van der Waals surface area contributed by atoms with Crippen molar-refractivity contribution in [2.24, 2.45) is 0 Å². The van der Waals surface area contributed by atoms with Gasteiger partial charge in [-0.2, -0.15) is 0 Å². The number of fused-ring (bicyclic) bond motifs is 1. The van der Waals surface area contributed by atoms with Crippen LogP contribution in [0.5, 0.6) is 0 Å². The fourth-order valence-corrected chi connectivity index (χ4v) is 2.44. The van der Waals surface area contributed by atoms with Gasteiger partial charge in [-0.05, 0) is 18.2 Å². The van der Waals surface area contributed by atoms with Crippen molar-refractivity contribution in [1.82, 2.24) is 15.2 Å². The summed E-state index contributed by atoms with van der Waals surface area (Å²) in [5.74, 6) is -2.01. The standard InChI is InChI=1S/C14H14BrN3O4/c15-10-2-1-3-11-9(10)4-5-18(11)8-13(20)16-6-12(19)17-7-14(21)22/h1-5H,6-8H2,(H,16,20)(H,17,19)(H,21,22). The van der Waals surface area contributed by atoms with E-state index in [0.29, 0.717) is 0 Å². The molecule has 22 heavy (non-hydrogen) atoms. The van der Waals surface area contributed by atoms with Crippen LogP contribution in [-0.2, 0) is 20.9 Å². The molecule has 8 heteroatoms. The minimum absolute atomic E-state index is 0.0756. The second kappa shape index (κ2) is 7.08. The maximum absolute atomic E-state index is 11.8. The number of nitrogens with zero attached hydrogens (tertiary/aromatic N) is 1. The molecule has 0 aliphatic heterocycles. The van der Waals surface area contributed by atoms with Crippen LogP contribution in [0.25, 0.3) is 10.9 Å². The number of halogens is 1. The van der Waals surface area contributed by atoms with Crippen molar-refractivity contribution in [3.8, 4) is 0 Å². The van der Waals surface area contributed by atoms with Gasteiger partial charge < -0.3 is 20.3 Å². The zero-order chi connectivity index (χ0) is 16.1. The molecule has 7 nitrogen and oxygen atoms in total. The fraction of sp³-hybridized carbons (Fsp3) is 0.214. The van der Waals surface area contributed by atoms with E-state index in [4.69, 9.17) is 5.11 Å². The van der Waals surface area contributed by atoms with Crippen LogP contribution in [0.4, 0.5) is 0 Å². The van der Waals surface area contributed by atoms with E-state index in [9.17, 15) is 14.4 Å². The van der Waals surface area contributed by atoms with Gasteiger partial charge in [0.25, 0.3) is 0 Å². The number of benzene rings is 1. The molecule has 1 heterocycles. The summed E-state index contributed by atoms with van der Waals surface area (Å²) in [6, 6.07) is 7.58. The Morgan fingerprint density at radius 3 is 2.55 bits per heavy atom. The summed E-state index contributed by atoms with van der Waals surface area (Å²) < 4.78 is 2.71. The normalized spacial score (nSPS) is 10.4. The molecule has 0 radical (unpaired) electrons. The van der Waals surface area contributed by atoms with Gasteiger partial charge in [0.2, 0.25) is 11.8 Å². The van der Waals surface area contributed by atoms with Crippen molar-refractivity contribution in [2.75, 3.05) is 13.1 Å².